The average Bonchev–Trinajstić information content (AvgIpc) is 3.41. The van der Waals surface area contributed by atoms with Gasteiger partial charge in [-0.3, -0.25) is 14.4 Å². The van der Waals surface area contributed by atoms with Gasteiger partial charge in [-0.1, -0.05) is 248 Å². The van der Waals surface area contributed by atoms with E-state index in [0.717, 1.165) is 122 Å². The minimum absolute atomic E-state index is 0.141. The maximum atomic E-state index is 12.8. The van der Waals surface area contributed by atoms with Crippen molar-refractivity contribution >= 4 is 17.9 Å². The Morgan fingerprint density at radius 2 is 0.507 bits per heavy atom. The molecule has 0 heterocycles. The monoisotopic (exact) mass is 1030 g/mol. The van der Waals surface area contributed by atoms with E-state index in [-0.39, 0.29) is 38.0 Å². The molecule has 0 bridgehead atoms. The van der Waals surface area contributed by atoms with Gasteiger partial charge in [0.2, 0.25) is 0 Å². The minimum atomic E-state index is -0.857. The number of hydrogen-bond acceptors (Lipinski definition) is 6. The first-order valence-electron chi connectivity index (χ1n) is 29.3. The summed E-state index contributed by atoms with van der Waals surface area (Å²) in [4.78, 5) is 38.0. The summed E-state index contributed by atoms with van der Waals surface area (Å²) in [5.41, 5.74) is 0. The molecule has 6 heteroatoms. The fourth-order valence-corrected chi connectivity index (χ4v) is 7.15. The van der Waals surface area contributed by atoms with Gasteiger partial charge in [-0.05, 0) is 128 Å². The molecule has 0 saturated heterocycles. The molecule has 0 N–H and O–H groups in total. The molecule has 0 radical (unpaired) electrons. The van der Waals surface area contributed by atoms with E-state index in [2.05, 4.69) is 179 Å². The zero-order valence-electron chi connectivity index (χ0n) is 47.5. The van der Waals surface area contributed by atoms with Crippen LogP contribution in [0.15, 0.2) is 182 Å². The van der Waals surface area contributed by atoms with Crippen LogP contribution in [0.2, 0.25) is 0 Å². The summed E-state index contributed by atoms with van der Waals surface area (Å²) in [6, 6.07) is 0. The summed E-state index contributed by atoms with van der Waals surface area (Å²) >= 11 is 0. The predicted octanol–water partition coefficient (Wildman–Crippen LogP) is 20.1. The fraction of sp³-hybridized carbons (Fsp3) is 0.522. The van der Waals surface area contributed by atoms with Crippen LogP contribution in [0.1, 0.15) is 213 Å². The van der Waals surface area contributed by atoms with Gasteiger partial charge in [0.15, 0.2) is 6.10 Å². The number of rotatable bonds is 50. The van der Waals surface area contributed by atoms with Gasteiger partial charge in [0.25, 0.3) is 0 Å². The smallest absolute Gasteiger partial charge is 0.306 e. The first kappa shape index (κ1) is 69.5. The SMILES string of the molecule is CC/C=C\C/C=C\C/C=C\C/C=C\C/C=C\C/C=C\C/C=C\CCCCCCCCCCCC(=O)OCC(COC(=O)CC/C=C\C/C=C\C/C=C\C/C=C\CC)OC(=O)CC/C=C\C/C=C\C/C=C\C/C=C\CC. The average molecular weight is 1030 g/mol. The van der Waals surface area contributed by atoms with Crippen LogP contribution in [-0.2, 0) is 28.6 Å². The van der Waals surface area contributed by atoms with Gasteiger partial charge in [-0.2, -0.15) is 0 Å². The molecule has 0 aromatic carbocycles. The van der Waals surface area contributed by atoms with E-state index in [0.29, 0.717) is 19.3 Å². The number of unbranched alkanes of at least 4 members (excludes halogenated alkanes) is 9. The molecule has 416 valence electrons. The molecule has 0 aliphatic heterocycles. The Bertz CT molecular complexity index is 1800. The second-order valence-electron chi connectivity index (χ2n) is 18.4. The molecule has 0 amide bonds. The van der Waals surface area contributed by atoms with E-state index < -0.39 is 12.1 Å². The van der Waals surface area contributed by atoms with Gasteiger partial charge in [-0.25, -0.2) is 0 Å². The summed E-state index contributed by atoms with van der Waals surface area (Å²) < 4.78 is 16.7. The van der Waals surface area contributed by atoms with E-state index in [1.807, 2.05) is 24.3 Å². The first-order valence-corrected chi connectivity index (χ1v) is 29.3. The summed E-state index contributed by atoms with van der Waals surface area (Å²) in [6.45, 7) is 6.13. The van der Waals surface area contributed by atoms with E-state index >= 15 is 0 Å². The van der Waals surface area contributed by atoms with E-state index in [4.69, 9.17) is 14.2 Å². The fourth-order valence-electron chi connectivity index (χ4n) is 7.15. The van der Waals surface area contributed by atoms with Crippen LogP contribution >= 0.6 is 0 Å². The third-order valence-corrected chi connectivity index (χ3v) is 11.4. The molecule has 0 spiro atoms. The Balaban J connectivity index is 4.37. The molecule has 0 aromatic rings. The molecule has 6 nitrogen and oxygen atoms in total. The van der Waals surface area contributed by atoms with Crippen molar-refractivity contribution in [2.45, 2.75) is 219 Å². The van der Waals surface area contributed by atoms with Gasteiger partial charge >= 0.3 is 17.9 Å². The van der Waals surface area contributed by atoms with Crippen LogP contribution in [0.25, 0.3) is 0 Å². The van der Waals surface area contributed by atoms with Crippen LogP contribution in [-0.4, -0.2) is 37.2 Å². The van der Waals surface area contributed by atoms with E-state index in [9.17, 15) is 14.4 Å². The molecule has 0 aromatic heterocycles. The topological polar surface area (TPSA) is 78.9 Å². The third-order valence-electron chi connectivity index (χ3n) is 11.4. The summed E-state index contributed by atoms with van der Waals surface area (Å²) in [5.74, 6) is -1.13. The Morgan fingerprint density at radius 1 is 0.267 bits per heavy atom. The number of hydrogen-bond donors (Lipinski definition) is 0. The number of carbonyl (C=O) groups is 3. The lowest BCUT2D eigenvalue weighted by Crippen LogP contribution is -2.30. The van der Waals surface area contributed by atoms with Crippen LogP contribution in [0.4, 0.5) is 0 Å². The highest BCUT2D eigenvalue weighted by molar-refractivity contribution is 5.71. The number of carbonyl (C=O) groups excluding carboxylic acids is 3. The lowest BCUT2D eigenvalue weighted by atomic mass is 10.1. The summed E-state index contributed by atoms with van der Waals surface area (Å²) in [7, 11) is 0. The van der Waals surface area contributed by atoms with Crippen LogP contribution in [0.5, 0.6) is 0 Å². The zero-order valence-corrected chi connectivity index (χ0v) is 47.5. The van der Waals surface area contributed by atoms with Gasteiger partial charge in [0, 0.05) is 19.3 Å². The molecule has 0 fully saturated rings. The Hall–Kier alpha value is -5.49. The minimum Gasteiger partial charge on any atom is -0.462 e. The normalized spacial score (nSPS) is 13.5. The van der Waals surface area contributed by atoms with E-state index in [1.165, 1.54) is 38.5 Å². The second kappa shape index (κ2) is 61.1. The predicted molar refractivity (Wildman–Crippen MR) is 324 cm³/mol. The quantitative estimate of drug-likeness (QED) is 0.0261. The first-order chi connectivity index (χ1) is 37.0. The van der Waals surface area contributed by atoms with Crippen molar-refractivity contribution in [2.75, 3.05) is 13.2 Å². The van der Waals surface area contributed by atoms with E-state index in [1.54, 1.807) is 0 Å². The van der Waals surface area contributed by atoms with Crippen molar-refractivity contribution in [2.24, 2.45) is 0 Å². The summed E-state index contributed by atoms with van der Waals surface area (Å²) in [6.07, 6.45) is 92.1. The molecule has 0 aliphatic carbocycles. The van der Waals surface area contributed by atoms with Crippen LogP contribution in [0, 0.1) is 0 Å². The maximum absolute atomic E-state index is 12.8. The van der Waals surface area contributed by atoms with Crippen molar-refractivity contribution in [1.82, 2.24) is 0 Å². The Labute approximate surface area is 459 Å². The standard InChI is InChI=1S/C69H104O6/c1-4-7-10-13-16-19-22-25-26-27-28-29-30-31-32-33-34-35-36-37-38-39-40-41-42-45-47-50-53-56-59-62-68(71)74-65-66(75-69(72)63-60-57-54-51-48-44-24-21-18-15-12-9-6-3)64-73-67(70)61-58-55-52-49-46-43-23-20-17-14-11-8-5-2/h7-12,16-21,25-26,28-29,31-32,34-35,37-38,43-44,46,48,52,54-55,57,66H,4-6,13-15,22-24,27,30,33,36,39-42,45,47,49-51,53,56,58-65H2,1-3H3/b10-7-,11-8-,12-9-,19-16-,20-17-,21-18-,26-25-,29-28-,32-31-,35-34-,38-37-,46-43-,48-44-,55-52-,57-54-. The van der Waals surface area contributed by atoms with Gasteiger partial charge in [0.1, 0.15) is 13.2 Å². The number of esters is 3. The van der Waals surface area contributed by atoms with Crippen LogP contribution in [0.3, 0.4) is 0 Å². The van der Waals surface area contributed by atoms with Gasteiger partial charge in [0.05, 0.1) is 0 Å². The number of allylic oxidation sites excluding steroid dienone is 30. The van der Waals surface area contributed by atoms with Gasteiger partial charge < -0.3 is 14.2 Å². The molecule has 0 aliphatic rings. The van der Waals surface area contributed by atoms with Crippen LogP contribution < -0.4 is 0 Å². The molecule has 1 unspecified atom stereocenters. The molecule has 0 rings (SSSR count). The highest BCUT2D eigenvalue weighted by atomic mass is 16.6. The van der Waals surface area contributed by atoms with Crippen molar-refractivity contribution in [3.05, 3.63) is 182 Å². The van der Waals surface area contributed by atoms with Crippen molar-refractivity contribution in [1.29, 1.82) is 0 Å². The Kier molecular flexibility index (Phi) is 56.6. The van der Waals surface area contributed by atoms with Crippen molar-refractivity contribution in [3.8, 4) is 0 Å². The molecular weight excluding hydrogens is 925 g/mol. The second-order valence-corrected chi connectivity index (χ2v) is 18.4. The van der Waals surface area contributed by atoms with Crippen molar-refractivity contribution < 1.29 is 28.6 Å². The third kappa shape index (κ3) is 59.3. The zero-order chi connectivity index (χ0) is 54.3. The molecule has 1 atom stereocenters. The van der Waals surface area contributed by atoms with Crippen molar-refractivity contribution in [3.63, 3.8) is 0 Å². The highest BCUT2D eigenvalue weighted by Gasteiger charge is 2.19. The van der Waals surface area contributed by atoms with Gasteiger partial charge in [-0.15, -0.1) is 0 Å². The molecular formula is C69H104O6. The largest absolute Gasteiger partial charge is 0.462 e. The maximum Gasteiger partial charge on any atom is 0.306 e. The lowest BCUT2D eigenvalue weighted by Gasteiger charge is -2.18. The lowest BCUT2D eigenvalue weighted by molar-refractivity contribution is -0.166. The Morgan fingerprint density at radius 3 is 0.827 bits per heavy atom. The molecule has 0 saturated carbocycles. The summed E-state index contributed by atoms with van der Waals surface area (Å²) in [5, 5.41) is 0. The molecule has 75 heavy (non-hydrogen) atoms. The highest BCUT2D eigenvalue weighted by Crippen LogP contribution is 2.13. The number of ether oxygens (including phenoxy) is 3.